The molecule has 0 saturated carbocycles. The van der Waals surface area contributed by atoms with Crippen molar-refractivity contribution in [2.45, 2.75) is 26.1 Å². The van der Waals surface area contributed by atoms with Gasteiger partial charge in [0.25, 0.3) is 0 Å². The molecule has 1 atom stereocenters. The van der Waals surface area contributed by atoms with Gasteiger partial charge in [-0.25, -0.2) is 4.39 Å². The van der Waals surface area contributed by atoms with Crippen molar-refractivity contribution in [1.29, 1.82) is 0 Å². The lowest BCUT2D eigenvalue weighted by Crippen LogP contribution is -2.04. The number of aliphatic hydroxyl groups excluding tert-OH is 1. The summed E-state index contributed by atoms with van der Waals surface area (Å²) in [6, 6.07) is 12.3. The number of rotatable bonds is 5. The molecule has 0 heterocycles. The Kier molecular flexibility index (Phi) is 4.88. The summed E-state index contributed by atoms with van der Waals surface area (Å²) in [7, 11) is 1.64. The van der Waals surface area contributed by atoms with Crippen LogP contribution in [0, 0.1) is 12.7 Å². The minimum atomic E-state index is -0.646. The van der Waals surface area contributed by atoms with Crippen molar-refractivity contribution in [3.63, 3.8) is 0 Å². The maximum Gasteiger partial charge on any atom is 0.123 e. The van der Waals surface area contributed by atoms with Gasteiger partial charge in [-0.15, -0.1) is 0 Å². The molecule has 0 bridgehead atoms. The molecule has 20 heavy (non-hydrogen) atoms. The zero-order valence-electron chi connectivity index (χ0n) is 11.8. The maximum atomic E-state index is 13.3. The monoisotopic (exact) mass is 274 g/mol. The molecular weight excluding hydrogens is 255 g/mol. The molecule has 0 saturated heterocycles. The molecule has 0 aliphatic heterocycles. The number of methoxy groups -OCH3 is 1. The summed E-state index contributed by atoms with van der Waals surface area (Å²) in [5.74, 6) is -0.272. The highest BCUT2D eigenvalue weighted by atomic mass is 19.1. The van der Waals surface area contributed by atoms with Gasteiger partial charge in [0.1, 0.15) is 5.82 Å². The Balaban J connectivity index is 2.17. The van der Waals surface area contributed by atoms with E-state index in [0.29, 0.717) is 13.0 Å². The van der Waals surface area contributed by atoms with E-state index >= 15 is 0 Å². The van der Waals surface area contributed by atoms with Crippen LogP contribution in [0.3, 0.4) is 0 Å². The minimum Gasteiger partial charge on any atom is -0.388 e. The van der Waals surface area contributed by atoms with Crippen molar-refractivity contribution in [2.24, 2.45) is 0 Å². The summed E-state index contributed by atoms with van der Waals surface area (Å²) in [5, 5.41) is 10.3. The fraction of sp³-hybridized carbons (Fsp3) is 0.294. The molecule has 0 aliphatic carbocycles. The molecule has 1 N–H and O–H groups in total. The van der Waals surface area contributed by atoms with Crippen molar-refractivity contribution in [3.05, 3.63) is 70.5 Å². The summed E-state index contributed by atoms with van der Waals surface area (Å²) >= 11 is 0. The van der Waals surface area contributed by atoms with Gasteiger partial charge in [-0.3, -0.25) is 0 Å². The van der Waals surface area contributed by atoms with Crippen LogP contribution in [0.1, 0.15) is 28.4 Å². The first-order valence-electron chi connectivity index (χ1n) is 6.61. The summed E-state index contributed by atoms with van der Waals surface area (Å²) in [5.41, 5.74) is 3.65. The van der Waals surface area contributed by atoms with Gasteiger partial charge in [0.2, 0.25) is 0 Å². The zero-order valence-corrected chi connectivity index (χ0v) is 11.8. The Morgan fingerprint density at radius 2 is 2.00 bits per heavy atom. The van der Waals surface area contributed by atoms with E-state index in [4.69, 9.17) is 4.74 Å². The third kappa shape index (κ3) is 3.65. The molecule has 2 aromatic carbocycles. The lowest BCUT2D eigenvalue weighted by atomic mass is 9.97. The quantitative estimate of drug-likeness (QED) is 0.903. The highest BCUT2D eigenvalue weighted by Gasteiger charge is 2.11. The first kappa shape index (κ1) is 14.7. The SMILES string of the molecule is COCc1cccc(C(O)Cc2cc(F)ccc2C)c1. The Morgan fingerprint density at radius 1 is 1.20 bits per heavy atom. The van der Waals surface area contributed by atoms with Crippen LogP contribution in [0.2, 0.25) is 0 Å². The number of hydrogen-bond donors (Lipinski definition) is 1. The number of benzene rings is 2. The van der Waals surface area contributed by atoms with Crippen LogP contribution in [-0.4, -0.2) is 12.2 Å². The molecule has 3 heteroatoms. The third-order valence-electron chi connectivity index (χ3n) is 3.37. The first-order chi connectivity index (χ1) is 9.60. The van der Waals surface area contributed by atoms with Crippen molar-refractivity contribution < 1.29 is 14.2 Å². The van der Waals surface area contributed by atoms with Crippen LogP contribution >= 0.6 is 0 Å². The van der Waals surface area contributed by atoms with E-state index in [9.17, 15) is 9.50 Å². The average Bonchev–Trinajstić information content (AvgIpc) is 2.43. The van der Waals surface area contributed by atoms with E-state index < -0.39 is 6.10 Å². The molecule has 0 fully saturated rings. The topological polar surface area (TPSA) is 29.5 Å². The van der Waals surface area contributed by atoms with Gasteiger partial charge in [-0.2, -0.15) is 0 Å². The Bertz CT molecular complexity index is 581. The summed E-state index contributed by atoms with van der Waals surface area (Å²) < 4.78 is 18.4. The fourth-order valence-corrected chi connectivity index (χ4v) is 2.24. The number of halogens is 1. The number of aliphatic hydroxyl groups is 1. The predicted octanol–water partition coefficient (Wildman–Crippen LogP) is 3.56. The number of ether oxygens (including phenoxy) is 1. The van der Waals surface area contributed by atoms with Gasteiger partial charge in [-0.1, -0.05) is 30.3 Å². The van der Waals surface area contributed by atoms with E-state index in [1.165, 1.54) is 12.1 Å². The minimum absolute atomic E-state index is 0.272. The Hall–Kier alpha value is -1.71. The average molecular weight is 274 g/mol. The third-order valence-corrected chi connectivity index (χ3v) is 3.37. The summed E-state index contributed by atoms with van der Waals surface area (Å²) in [6.45, 7) is 2.43. The zero-order chi connectivity index (χ0) is 14.5. The predicted molar refractivity (Wildman–Crippen MR) is 77.0 cm³/mol. The summed E-state index contributed by atoms with van der Waals surface area (Å²) in [4.78, 5) is 0. The molecule has 2 nitrogen and oxygen atoms in total. The second kappa shape index (κ2) is 6.64. The van der Waals surface area contributed by atoms with E-state index in [1.54, 1.807) is 13.2 Å². The smallest absolute Gasteiger partial charge is 0.123 e. The van der Waals surface area contributed by atoms with Crippen LogP contribution in [0.15, 0.2) is 42.5 Å². The molecule has 0 amide bonds. The second-order valence-corrected chi connectivity index (χ2v) is 4.97. The lowest BCUT2D eigenvalue weighted by Gasteiger charge is -2.14. The van der Waals surface area contributed by atoms with E-state index in [0.717, 1.165) is 22.3 Å². The second-order valence-electron chi connectivity index (χ2n) is 4.97. The highest BCUT2D eigenvalue weighted by molar-refractivity contribution is 5.30. The van der Waals surface area contributed by atoms with Crippen LogP contribution in [-0.2, 0) is 17.8 Å². The fourth-order valence-electron chi connectivity index (χ4n) is 2.24. The Labute approximate surface area is 118 Å². The summed E-state index contributed by atoms with van der Waals surface area (Å²) in [6.07, 6.45) is -0.243. The molecule has 0 spiro atoms. The molecule has 2 rings (SSSR count). The first-order valence-corrected chi connectivity index (χ1v) is 6.61. The molecule has 0 aromatic heterocycles. The van der Waals surface area contributed by atoms with Gasteiger partial charge in [0, 0.05) is 13.5 Å². The standard InChI is InChI=1S/C17H19FO2/c1-12-6-7-16(18)9-15(12)10-17(19)14-5-3-4-13(8-14)11-20-2/h3-9,17,19H,10-11H2,1-2H3. The van der Waals surface area contributed by atoms with Gasteiger partial charge < -0.3 is 9.84 Å². The van der Waals surface area contributed by atoms with Crippen LogP contribution in [0.5, 0.6) is 0 Å². The molecule has 0 aliphatic rings. The van der Waals surface area contributed by atoms with Crippen molar-refractivity contribution in [3.8, 4) is 0 Å². The van der Waals surface area contributed by atoms with E-state index in [1.807, 2.05) is 31.2 Å². The van der Waals surface area contributed by atoms with E-state index in [-0.39, 0.29) is 5.82 Å². The number of hydrogen-bond acceptors (Lipinski definition) is 2. The van der Waals surface area contributed by atoms with Crippen molar-refractivity contribution in [1.82, 2.24) is 0 Å². The molecule has 0 radical (unpaired) electrons. The highest BCUT2D eigenvalue weighted by Crippen LogP contribution is 2.22. The van der Waals surface area contributed by atoms with Gasteiger partial charge in [-0.05, 0) is 41.3 Å². The van der Waals surface area contributed by atoms with Crippen molar-refractivity contribution in [2.75, 3.05) is 7.11 Å². The lowest BCUT2D eigenvalue weighted by molar-refractivity contribution is 0.175. The normalized spacial score (nSPS) is 12.4. The maximum absolute atomic E-state index is 13.3. The Morgan fingerprint density at radius 3 is 2.75 bits per heavy atom. The largest absolute Gasteiger partial charge is 0.388 e. The van der Waals surface area contributed by atoms with Crippen LogP contribution < -0.4 is 0 Å². The van der Waals surface area contributed by atoms with Crippen LogP contribution in [0.4, 0.5) is 4.39 Å². The molecule has 2 aromatic rings. The van der Waals surface area contributed by atoms with Crippen molar-refractivity contribution >= 4 is 0 Å². The van der Waals surface area contributed by atoms with Crippen LogP contribution in [0.25, 0.3) is 0 Å². The van der Waals surface area contributed by atoms with Gasteiger partial charge in [0.05, 0.1) is 12.7 Å². The van der Waals surface area contributed by atoms with Gasteiger partial charge >= 0.3 is 0 Å². The van der Waals surface area contributed by atoms with E-state index in [2.05, 4.69) is 0 Å². The van der Waals surface area contributed by atoms with Gasteiger partial charge in [0.15, 0.2) is 0 Å². The number of aryl methyl sites for hydroxylation is 1. The molecular formula is C17H19FO2. The molecule has 1 unspecified atom stereocenters. The molecule has 106 valence electrons.